The highest BCUT2D eigenvalue weighted by atomic mass is 35.5. The Morgan fingerprint density at radius 2 is 1.79 bits per heavy atom. The van der Waals surface area contributed by atoms with E-state index in [1.807, 2.05) is 6.07 Å². The van der Waals surface area contributed by atoms with Crippen LogP contribution in [-0.4, -0.2) is 11.5 Å². The molecule has 2 nitrogen and oxygen atoms in total. The minimum Gasteiger partial charge on any atom is -0.288 e. The van der Waals surface area contributed by atoms with Crippen molar-refractivity contribution in [2.24, 2.45) is 4.51 Å². The molecule has 14 heavy (non-hydrogen) atoms. The van der Waals surface area contributed by atoms with Crippen molar-refractivity contribution in [2.45, 2.75) is 0 Å². The van der Waals surface area contributed by atoms with Crippen molar-refractivity contribution in [3.63, 3.8) is 0 Å². The van der Waals surface area contributed by atoms with Crippen molar-refractivity contribution < 1.29 is 4.79 Å². The van der Waals surface area contributed by atoms with Crippen molar-refractivity contribution in [3.8, 4) is 0 Å². The number of allylic oxidation sites excluding steroid dienone is 2. The summed E-state index contributed by atoms with van der Waals surface area (Å²) in [6.45, 7) is 0. The third-order valence-electron chi connectivity index (χ3n) is 2.02. The van der Waals surface area contributed by atoms with Crippen LogP contribution < -0.4 is 0 Å². The molecule has 70 valence electrons. The average Bonchev–Trinajstić information content (AvgIpc) is 2.23. The maximum Gasteiger partial charge on any atom is 0.205 e. The van der Waals surface area contributed by atoms with Gasteiger partial charge in [-0.25, -0.2) is 0 Å². The second-order valence-electron chi connectivity index (χ2n) is 2.84. The van der Waals surface area contributed by atoms with E-state index in [-0.39, 0.29) is 10.8 Å². The van der Waals surface area contributed by atoms with Gasteiger partial charge in [-0.05, 0) is 6.08 Å². The van der Waals surface area contributed by atoms with Crippen molar-refractivity contribution in [2.75, 3.05) is 0 Å². The number of halogens is 2. The van der Waals surface area contributed by atoms with Crippen LogP contribution in [0.5, 0.6) is 0 Å². The number of nitrogens with zero attached hydrogens (tertiary/aromatic N) is 1. The Bertz CT molecular complexity index is 463. The predicted molar refractivity (Wildman–Crippen MR) is 57.1 cm³/mol. The van der Waals surface area contributed by atoms with Gasteiger partial charge < -0.3 is 0 Å². The van der Waals surface area contributed by atoms with E-state index in [2.05, 4.69) is 4.51 Å². The Balaban J connectivity index is 2.70. The number of Topliss-reactive ketones (excluding diaryl/α,β-unsaturated/α-hetero) is 1. The van der Waals surface area contributed by atoms with E-state index in [0.29, 0.717) is 11.3 Å². The van der Waals surface area contributed by atoms with Gasteiger partial charge in [0.25, 0.3) is 0 Å². The second kappa shape index (κ2) is 3.56. The molecule has 0 heterocycles. The van der Waals surface area contributed by atoms with Crippen molar-refractivity contribution in [1.82, 2.24) is 0 Å². The fraction of sp³-hybridized carbons (Fsp3) is 0. The SMILES string of the molecule is O=C1C(Cl)=CC(=NCl)c2ccccc21. The number of carbonyl (C=O) groups is 1. The molecule has 0 N–H and O–H groups in total. The molecule has 0 aromatic heterocycles. The number of hydrogen-bond acceptors (Lipinski definition) is 2. The Morgan fingerprint density at radius 3 is 2.43 bits per heavy atom. The molecule has 1 aliphatic carbocycles. The molecule has 0 bridgehead atoms. The molecule has 0 atom stereocenters. The maximum absolute atomic E-state index is 11.6. The highest BCUT2D eigenvalue weighted by Crippen LogP contribution is 2.23. The molecule has 0 fully saturated rings. The maximum atomic E-state index is 11.6. The van der Waals surface area contributed by atoms with Crippen LogP contribution in [0.2, 0.25) is 0 Å². The summed E-state index contributed by atoms with van der Waals surface area (Å²) in [5, 5.41) is 0.142. The molecule has 0 saturated heterocycles. The smallest absolute Gasteiger partial charge is 0.205 e. The van der Waals surface area contributed by atoms with Gasteiger partial charge in [-0.15, -0.1) is 0 Å². The van der Waals surface area contributed by atoms with Crippen LogP contribution >= 0.6 is 23.4 Å². The third kappa shape index (κ3) is 1.37. The van der Waals surface area contributed by atoms with Gasteiger partial charge in [-0.3, -0.25) is 4.79 Å². The minimum absolute atomic E-state index is 0.142. The molecule has 2 rings (SSSR count). The van der Waals surface area contributed by atoms with Gasteiger partial charge >= 0.3 is 0 Å². The zero-order valence-electron chi connectivity index (χ0n) is 7.00. The number of hydrogen-bond donors (Lipinski definition) is 0. The fourth-order valence-electron chi connectivity index (χ4n) is 1.37. The monoisotopic (exact) mass is 225 g/mol. The highest BCUT2D eigenvalue weighted by Gasteiger charge is 2.22. The molecule has 1 aromatic rings. The van der Waals surface area contributed by atoms with E-state index in [9.17, 15) is 4.79 Å². The second-order valence-corrected chi connectivity index (χ2v) is 3.41. The first-order valence-corrected chi connectivity index (χ1v) is 4.66. The number of carbonyl (C=O) groups excluding carboxylic acids is 1. The van der Waals surface area contributed by atoms with E-state index in [0.717, 1.165) is 5.56 Å². The Kier molecular flexibility index (Phi) is 2.40. The zero-order valence-corrected chi connectivity index (χ0v) is 8.51. The lowest BCUT2D eigenvalue weighted by Crippen LogP contribution is -2.14. The number of ketones is 1. The van der Waals surface area contributed by atoms with Crippen LogP contribution in [0.15, 0.2) is 39.9 Å². The van der Waals surface area contributed by atoms with Crippen LogP contribution in [-0.2, 0) is 0 Å². The molecule has 1 aliphatic rings. The summed E-state index contributed by atoms with van der Waals surface area (Å²) in [5.74, 6) is -0.189. The molecule has 4 heteroatoms. The summed E-state index contributed by atoms with van der Waals surface area (Å²) in [5.41, 5.74) is 1.78. The van der Waals surface area contributed by atoms with Crippen LogP contribution in [0, 0.1) is 0 Å². The van der Waals surface area contributed by atoms with Crippen molar-refractivity contribution >= 4 is 34.9 Å². The lowest BCUT2D eigenvalue weighted by molar-refractivity contribution is 0.104. The quantitative estimate of drug-likeness (QED) is 0.668. The van der Waals surface area contributed by atoms with Gasteiger partial charge in [0.2, 0.25) is 5.78 Å². The summed E-state index contributed by atoms with van der Waals surface area (Å²) in [6.07, 6.45) is 1.47. The van der Waals surface area contributed by atoms with Crippen molar-refractivity contribution in [1.29, 1.82) is 0 Å². The van der Waals surface area contributed by atoms with E-state index in [1.165, 1.54) is 6.08 Å². The van der Waals surface area contributed by atoms with Gasteiger partial charge in [-0.1, -0.05) is 35.9 Å². The van der Waals surface area contributed by atoms with Crippen molar-refractivity contribution in [3.05, 3.63) is 46.5 Å². The Morgan fingerprint density at radius 1 is 1.14 bits per heavy atom. The molecule has 0 aliphatic heterocycles. The van der Waals surface area contributed by atoms with Crippen LogP contribution in [0.1, 0.15) is 15.9 Å². The lowest BCUT2D eigenvalue weighted by Gasteiger charge is -2.12. The molecule has 0 amide bonds. The first-order chi connectivity index (χ1) is 6.74. The van der Waals surface area contributed by atoms with Crippen LogP contribution in [0.4, 0.5) is 0 Å². The first-order valence-electron chi connectivity index (χ1n) is 3.94. The summed E-state index contributed by atoms with van der Waals surface area (Å²) in [4.78, 5) is 11.6. The van der Waals surface area contributed by atoms with E-state index in [1.54, 1.807) is 18.2 Å². The first kappa shape index (κ1) is 9.44. The normalized spacial score (nSPS) is 18.0. The zero-order chi connectivity index (χ0) is 10.1. The van der Waals surface area contributed by atoms with Gasteiger partial charge in [0.05, 0.1) is 10.7 Å². The van der Waals surface area contributed by atoms with Crippen LogP contribution in [0.3, 0.4) is 0 Å². The highest BCUT2D eigenvalue weighted by molar-refractivity contribution is 6.49. The van der Waals surface area contributed by atoms with E-state index in [4.69, 9.17) is 23.4 Å². The molecule has 0 saturated carbocycles. The molecular weight excluding hydrogens is 221 g/mol. The molecule has 0 radical (unpaired) electrons. The third-order valence-corrected chi connectivity index (χ3v) is 2.48. The van der Waals surface area contributed by atoms with Gasteiger partial charge in [-0.2, -0.15) is 4.51 Å². The molecular formula is C10H5Cl2NO. The Hall–Kier alpha value is -1.12. The summed E-state index contributed by atoms with van der Waals surface area (Å²) < 4.78 is 3.55. The van der Waals surface area contributed by atoms with E-state index >= 15 is 0 Å². The van der Waals surface area contributed by atoms with Gasteiger partial charge in [0, 0.05) is 22.9 Å². The van der Waals surface area contributed by atoms with Gasteiger partial charge in [0.1, 0.15) is 0 Å². The number of benzene rings is 1. The predicted octanol–water partition coefficient (Wildman–Crippen LogP) is 2.95. The largest absolute Gasteiger partial charge is 0.288 e. The topological polar surface area (TPSA) is 29.4 Å². The molecule has 0 spiro atoms. The Labute approximate surface area is 91.0 Å². The number of fused-ring (bicyclic) bond motifs is 1. The average molecular weight is 226 g/mol. The summed E-state index contributed by atoms with van der Waals surface area (Å²) in [7, 11) is 0. The standard InChI is InChI=1S/C10H5Cl2NO/c11-8-5-9(13-12)6-3-1-2-4-7(6)10(8)14/h1-5H. The number of rotatable bonds is 0. The molecule has 1 aromatic carbocycles. The van der Waals surface area contributed by atoms with E-state index < -0.39 is 0 Å². The lowest BCUT2D eigenvalue weighted by atomic mass is 9.94. The van der Waals surface area contributed by atoms with Gasteiger partial charge in [0.15, 0.2) is 0 Å². The fourth-order valence-corrected chi connectivity index (χ4v) is 1.71. The molecule has 0 unspecified atom stereocenters. The minimum atomic E-state index is -0.189. The summed E-state index contributed by atoms with van der Waals surface area (Å²) in [6, 6.07) is 7.09. The summed E-state index contributed by atoms with van der Waals surface area (Å²) >= 11 is 11.1. The van der Waals surface area contributed by atoms with Crippen LogP contribution in [0.25, 0.3) is 0 Å².